The number of nitrogens with zero attached hydrogens (tertiary/aromatic N) is 2. The van der Waals surface area contributed by atoms with Gasteiger partial charge in [0.2, 0.25) is 5.28 Å². The van der Waals surface area contributed by atoms with Gasteiger partial charge in [0, 0.05) is 10.7 Å². The fourth-order valence-corrected chi connectivity index (χ4v) is 1.93. The number of halogens is 4. The topological polar surface area (TPSA) is 37.8 Å². The van der Waals surface area contributed by atoms with Gasteiger partial charge in [0.1, 0.15) is 5.15 Å². The molecule has 0 aliphatic carbocycles. The Bertz CT molecular complexity index is 545. The van der Waals surface area contributed by atoms with Gasteiger partial charge in [-0.05, 0) is 51.8 Å². The molecule has 0 amide bonds. The van der Waals surface area contributed by atoms with Crippen LogP contribution in [0.2, 0.25) is 15.5 Å². The molecule has 0 spiro atoms. The van der Waals surface area contributed by atoms with Crippen LogP contribution < -0.4 is 5.32 Å². The molecule has 0 aliphatic heterocycles. The van der Waals surface area contributed by atoms with E-state index in [0.29, 0.717) is 15.3 Å². The van der Waals surface area contributed by atoms with Crippen LogP contribution in [0.4, 0.5) is 11.5 Å². The molecule has 1 heterocycles. The van der Waals surface area contributed by atoms with Gasteiger partial charge in [-0.1, -0.05) is 23.2 Å². The number of aromatic nitrogens is 2. The highest BCUT2D eigenvalue weighted by Crippen LogP contribution is 2.30. The van der Waals surface area contributed by atoms with Crippen LogP contribution in [0, 0.1) is 0 Å². The summed E-state index contributed by atoms with van der Waals surface area (Å²) in [6, 6.07) is 7.17. The van der Waals surface area contributed by atoms with Gasteiger partial charge in [-0.2, -0.15) is 4.98 Å². The summed E-state index contributed by atoms with van der Waals surface area (Å²) in [6.45, 7) is 0. The Hall–Kier alpha value is -0.550. The highest BCUT2D eigenvalue weighted by Gasteiger charge is 2.09. The van der Waals surface area contributed by atoms with Crippen molar-refractivity contribution in [2.24, 2.45) is 0 Å². The third-order valence-electron chi connectivity index (χ3n) is 1.89. The van der Waals surface area contributed by atoms with Crippen molar-refractivity contribution >= 4 is 62.2 Å². The first-order valence-electron chi connectivity index (χ1n) is 4.47. The first-order chi connectivity index (χ1) is 8.06. The number of nitrogens with one attached hydrogen (secondary N) is 1. The van der Waals surface area contributed by atoms with Gasteiger partial charge in [0.15, 0.2) is 5.82 Å². The second-order valence-corrected chi connectivity index (χ2v) is 5.00. The normalized spacial score (nSPS) is 10.4. The zero-order chi connectivity index (χ0) is 12.4. The highest BCUT2D eigenvalue weighted by molar-refractivity contribution is 9.10. The van der Waals surface area contributed by atoms with Gasteiger partial charge in [0.05, 0.1) is 4.47 Å². The minimum atomic E-state index is 0.0784. The first-order valence-corrected chi connectivity index (χ1v) is 6.40. The number of rotatable bonds is 2. The number of anilines is 2. The summed E-state index contributed by atoms with van der Waals surface area (Å²) in [6.07, 6.45) is 0. The molecule has 1 aromatic carbocycles. The van der Waals surface area contributed by atoms with Crippen molar-refractivity contribution in [1.29, 1.82) is 0 Å². The van der Waals surface area contributed by atoms with E-state index in [9.17, 15) is 0 Å². The van der Waals surface area contributed by atoms with E-state index in [1.54, 1.807) is 12.1 Å². The summed E-state index contributed by atoms with van der Waals surface area (Å²) < 4.78 is 0.554. The van der Waals surface area contributed by atoms with E-state index < -0.39 is 0 Å². The summed E-state index contributed by atoms with van der Waals surface area (Å²) >= 11 is 20.7. The maximum absolute atomic E-state index is 5.87. The quantitative estimate of drug-likeness (QED) is 0.614. The van der Waals surface area contributed by atoms with Gasteiger partial charge in [-0.3, -0.25) is 0 Å². The molecular weight excluding hydrogens is 348 g/mol. The molecule has 17 heavy (non-hydrogen) atoms. The summed E-state index contributed by atoms with van der Waals surface area (Å²) in [5.74, 6) is 0.498. The Morgan fingerprint density at radius 3 is 2.29 bits per heavy atom. The number of hydrogen-bond acceptors (Lipinski definition) is 3. The van der Waals surface area contributed by atoms with E-state index in [1.807, 2.05) is 12.1 Å². The predicted molar refractivity (Wildman–Crippen MR) is 74.5 cm³/mol. The van der Waals surface area contributed by atoms with Crippen molar-refractivity contribution in [2.75, 3.05) is 5.32 Å². The molecule has 0 saturated heterocycles. The molecule has 0 fully saturated rings. The average molecular weight is 353 g/mol. The van der Waals surface area contributed by atoms with Crippen molar-refractivity contribution in [3.63, 3.8) is 0 Å². The zero-order valence-electron chi connectivity index (χ0n) is 8.22. The molecule has 0 bridgehead atoms. The fourth-order valence-electron chi connectivity index (χ4n) is 1.15. The Morgan fingerprint density at radius 1 is 1.00 bits per heavy atom. The van der Waals surface area contributed by atoms with Crippen LogP contribution in [-0.4, -0.2) is 9.97 Å². The molecule has 0 unspecified atom stereocenters. The van der Waals surface area contributed by atoms with Crippen LogP contribution >= 0.6 is 50.7 Å². The van der Waals surface area contributed by atoms with Crippen molar-refractivity contribution in [1.82, 2.24) is 9.97 Å². The summed E-state index contributed by atoms with van der Waals surface area (Å²) in [4.78, 5) is 7.83. The van der Waals surface area contributed by atoms with E-state index >= 15 is 0 Å². The molecule has 7 heteroatoms. The molecule has 1 N–H and O–H groups in total. The lowest BCUT2D eigenvalue weighted by molar-refractivity contribution is 1.15. The second-order valence-electron chi connectivity index (χ2n) is 3.08. The van der Waals surface area contributed by atoms with Crippen molar-refractivity contribution in [3.8, 4) is 0 Å². The Labute approximate surface area is 121 Å². The van der Waals surface area contributed by atoms with E-state index in [-0.39, 0.29) is 10.4 Å². The molecule has 1 aromatic heterocycles. The Morgan fingerprint density at radius 2 is 1.65 bits per heavy atom. The van der Waals surface area contributed by atoms with Crippen LogP contribution in [-0.2, 0) is 0 Å². The maximum Gasteiger partial charge on any atom is 0.225 e. The molecule has 0 aliphatic rings. The number of hydrogen-bond donors (Lipinski definition) is 1. The standard InChI is InChI=1S/C10H5BrCl3N3/c11-7-8(13)16-10(14)17-9(7)15-6-3-1-5(12)2-4-6/h1-4H,(H,15,16,17). The monoisotopic (exact) mass is 351 g/mol. The lowest BCUT2D eigenvalue weighted by atomic mass is 10.3. The van der Waals surface area contributed by atoms with Crippen LogP contribution in [0.25, 0.3) is 0 Å². The predicted octanol–water partition coefficient (Wildman–Crippen LogP) is 4.94. The second kappa shape index (κ2) is 5.40. The average Bonchev–Trinajstić information content (AvgIpc) is 2.28. The molecule has 2 aromatic rings. The SMILES string of the molecule is Clc1ccc(Nc2nc(Cl)nc(Cl)c2Br)cc1. The van der Waals surface area contributed by atoms with Crippen LogP contribution in [0.3, 0.4) is 0 Å². The van der Waals surface area contributed by atoms with Crippen LogP contribution in [0.1, 0.15) is 0 Å². The minimum absolute atomic E-state index is 0.0784. The summed E-state index contributed by atoms with van der Waals surface area (Å²) in [5, 5.41) is 4.05. The maximum atomic E-state index is 5.87. The molecule has 2 rings (SSSR count). The first kappa shape index (κ1) is 12.9. The van der Waals surface area contributed by atoms with E-state index in [2.05, 4.69) is 31.2 Å². The van der Waals surface area contributed by atoms with Gasteiger partial charge in [0.25, 0.3) is 0 Å². The largest absolute Gasteiger partial charge is 0.339 e. The molecule has 0 radical (unpaired) electrons. The van der Waals surface area contributed by atoms with E-state index in [4.69, 9.17) is 34.8 Å². The van der Waals surface area contributed by atoms with Crippen molar-refractivity contribution in [3.05, 3.63) is 44.2 Å². The molecule has 88 valence electrons. The lowest BCUT2D eigenvalue weighted by Crippen LogP contribution is -1.97. The summed E-state index contributed by atoms with van der Waals surface area (Å²) in [5.41, 5.74) is 0.820. The lowest BCUT2D eigenvalue weighted by Gasteiger charge is -2.08. The fraction of sp³-hybridized carbons (Fsp3) is 0. The van der Waals surface area contributed by atoms with Gasteiger partial charge in [-0.15, -0.1) is 0 Å². The molecule has 0 saturated carbocycles. The minimum Gasteiger partial charge on any atom is -0.339 e. The van der Waals surface area contributed by atoms with E-state index in [0.717, 1.165) is 5.69 Å². The Balaban J connectivity index is 2.32. The highest BCUT2D eigenvalue weighted by atomic mass is 79.9. The molecular formula is C10H5BrCl3N3. The third-order valence-corrected chi connectivity index (χ3v) is 3.56. The molecule has 3 nitrogen and oxygen atoms in total. The van der Waals surface area contributed by atoms with Crippen LogP contribution in [0.5, 0.6) is 0 Å². The van der Waals surface area contributed by atoms with Gasteiger partial charge >= 0.3 is 0 Å². The molecule has 0 atom stereocenters. The van der Waals surface area contributed by atoms with Crippen molar-refractivity contribution in [2.45, 2.75) is 0 Å². The van der Waals surface area contributed by atoms with Gasteiger partial charge < -0.3 is 5.32 Å². The van der Waals surface area contributed by atoms with E-state index in [1.165, 1.54) is 0 Å². The zero-order valence-corrected chi connectivity index (χ0v) is 12.1. The smallest absolute Gasteiger partial charge is 0.225 e. The van der Waals surface area contributed by atoms with Crippen LogP contribution in [0.15, 0.2) is 28.7 Å². The number of benzene rings is 1. The van der Waals surface area contributed by atoms with Crippen molar-refractivity contribution < 1.29 is 0 Å². The van der Waals surface area contributed by atoms with Gasteiger partial charge in [-0.25, -0.2) is 4.98 Å². The Kier molecular flexibility index (Phi) is 4.09. The summed E-state index contributed by atoms with van der Waals surface area (Å²) in [7, 11) is 0. The third kappa shape index (κ3) is 3.22.